The van der Waals surface area contributed by atoms with E-state index in [0.29, 0.717) is 25.9 Å². The van der Waals surface area contributed by atoms with E-state index in [1.807, 2.05) is 4.90 Å². The summed E-state index contributed by atoms with van der Waals surface area (Å²) < 4.78 is 34.0. The first kappa shape index (κ1) is 23.0. The molecule has 1 saturated heterocycles. The van der Waals surface area contributed by atoms with Gasteiger partial charge in [-0.2, -0.15) is 0 Å². The standard InChI is InChI=1S/C19H23BrF2N2O3.ClH/c20-15-3-1-13(2-4-15)19(26,14-5-8-18(21,22)11-14)17(25)27-16-6-9-24(12-23)10-7-16;/h1-4,12,14,16,23,26H,5-11H2;1H. The van der Waals surface area contributed by atoms with Crippen LogP contribution in [0.15, 0.2) is 28.7 Å². The molecule has 0 amide bonds. The Hall–Kier alpha value is -1.25. The van der Waals surface area contributed by atoms with Crippen molar-refractivity contribution in [3.05, 3.63) is 34.3 Å². The SMILES string of the molecule is Cl.N=CN1CCC(OC(=O)C(O)(c2ccc(Br)cc2)C2CCC(F)(F)C2)CC1. The van der Waals surface area contributed by atoms with Crippen LogP contribution < -0.4 is 0 Å². The van der Waals surface area contributed by atoms with E-state index < -0.39 is 35.9 Å². The number of rotatable bonds is 5. The molecule has 3 rings (SSSR count). The van der Waals surface area contributed by atoms with Crippen molar-refractivity contribution in [3.8, 4) is 0 Å². The molecule has 2 fully saturated rings. The molecule has 5 nitrogen and oxygen atoms in total. The lowest BCUT2D eigenvalue weighted by atomic mass is 9.80. The average Bonchev–Trinajstić information content (AvgIpc) is 3.02. The molecule has 2 atom stereocenters. The van der Waals surface area contributed by atoms with Crippen LogP contribution in [0.1, 0.15) is 37.7 Å². The van der Waals surface area contributed by atoms with Gasteiger partial charge >= 0.3 is 5.97 Å². The van der Waals surface area contributed by atoms with Crippen molar-refractivity contribution < 1.29 is 23.4 Å². The molecule has 2 aliphatic rings. The fourth-order valence-corrected chi connectivity index (χ4v) is 4.16. The smallest absolute Gasteiger partial charge is 0.343 e. The number of benzene rings is 1. The van der Waals surface area contributed by atoms with Crippen LogP contribution in [0, 0.1) is 11.3 Å². The van der Waals surface area contributed by atoms with E-state index in [4.69, 9.17) is 10.1 Å². The number of nitrogens with one attached hydrogen (secondary N) is 1. The predicted octanol–water partition coefficient (Wildman–Crippen LogP) is 4.11. The maximum atomic E-state index is 13.8. The molecular formula is C19H24BrClF2N2O3. The highest BCUT2D eigenvalue weighted by Crippen LogP contribution is 2.48. The Balaban J connectivity index is 0.00000280. The van der Waals surface area contributed by atoms with Gasteiger partial charge in [0, 0.05) is 49.2 Å². The number of carbonyl (C=O) groups is 1. The zero-order valence-corrected chi connectivity index (χ0v) is 17.6. The molecule has 28 heavy (non-hydrogen) atoms. The molecule has 2 unspecified atom stereocenters. The lowest BCUT2D eigenvalue weighted by Crippen LogP contribution is -2.46. The fourth-order valence-electron chi connectivity index (χ4n) is 3.89. The van der Waals surface area contributed by atoms with Crippen molar-refractivity contribution in [1.29, 1.82) is 5.41 Å². The molecule has 0 bridgehead atoms. The van der Waals surface area contributed by atoms with Crippen LogP contribution in [-0.2, 0) is 15.1 Å². The quantitative estimate of drug-likeness (QED) is 0.377. The number of aliphatic hydroxyl groups is 1. The largest absolute Gasteiger partial charge is 0.460 e. The van der Waals surface area contributed by atoms with Gasteiger partial charge in [-0.3, -0.25) is 5.41 Å². The van der Waals surface area contributed by atoms with Gasteiger partial charge in [-0.15, -0.1) is 12.4 Å². The molecule has 0 spiro atoms. The third-order valence-corrected chi connectivity index (χ3v) is 6.05. The van der Waals surface area contributed by atoms with E-state index in [0.717, 1.165) is 4.47 Å². The van der Waals surface area contributed by atoms with Gasteiger partial charge in [-0.25, -0.2) is 13.6 Å². The van der Waals surface area contributed by atoms with Gasteiger partial charge in [-0.05, 0) is 24.1 Å². The summed E-state index contributed by atoms with van der Waals surface area (Å²) >= 11 is 3.30. The third kappa shape index (κ3) is 4.83. The zero-order valence-electron chi connectivity index (χ0n) is 15.2. The lowest BCUT2D eigenvalue weighted by Gasteiger charge is -2.36. The molecule has 9 heteroatoms. The third-order valence-electron chi connectivity index (χ3n) is 5.52. The van der Waals surface area contributed by atoms with Crippen LogP contribution in [0.4, 0.5) is 8.78 Å². The van der Waals surface area contributed by atoms with Crippen LogP contribution in [0.2, 0.25) is 0 Å². The van der Waals surface area contributed by atoms with Gasteiger partial charge in [0.15, 0.2) is 5.60 Å². The van der Waals surface area contributed by atoms with Crippen molar-refractivity contribution in [2.24, 2.45) is 5.92 Å². The topological polar surface area (TPSA) is 73.6 Å². The molecule has 1 aliphatic heterocycles. The molecule has 1 aromatic rings. The second-order valence-corrected chi connectivity index (χ2v) is 8.25. The summed E-state index contributed by atoms with van der Waals surface area (Å²) in [6.45, 7) is 1.17. The molecular weight excluding hydrogens is 458 g/mol. The van der Waals surface area contributed by atoms with E-state index >= 15 is 0 Å². The number of likely N-dealkylation sites (tertiary alicyclic amines) is 1. The molecule has 156 valence electrons. The second-order valence-electron chi connectivity index (χ2n) is 7.34. The Morgan fingerprint density at radius 3 is 2.39 bits per heavy atom. The van der Waals surface area contributed by atoms with E-state index in [1.165, 1.54) is 6.34 Å². The number of ether oxygens (including phenoxy) is 1. The van der Waals surface area contributed by atoms with Gasteiger partial charge in [0.1, 0.15) is 6.10 Å². The molecule has 0 aromatic heterocycles. The van der Waals surface area contributed by atoms with Gasteiger partial charge < -0.3 is 14.7 Å². The zero-order chi connectivity index (χ0) is 19.7. The Morgan fingerprint density at radius 2 is 1.89 bits per heavy atom. The predicted molar refractivity (Wildman–Crippen MR) is 107 cm³/mol. The van der Waals surface area contributed by atoms with E-state index in [9.17, 15) is 18.7 Å². The van der Waals surface area contributed by atoms with Crippen molar-refractivity contribution in [3.63, 3.8) is 0 Å². The minimum atomic E-state index is -2.89. The molecule has 2 N–H and O–H groups in total. The summed E-state index contributed by atoms with van der Waals surface area (Å²) in [4.78, 5) is 14.8. The van der Waals surface area contributed by atoms with E-state index in [1.54, 1.807) is 24.3 Å². The number of piperidine rings is 1. The number of esters is 1. The van der Waals surface area contributed by atoms with Gasteiger partial charge in [0.05, 0.1) is 6.34 Å². The normalized spacial score (nSPS) is 24.1. The van der Waals surface area contributed by atoms with Gasteiger partial charge in [0.25, 0.3) is 0 Å². The molecule has 1 aromatic carbocycles. The van der Waals surface area contributed by atoms with Crippen molar-refractivity contribution in [2.75, 3.05) is 13.1 Å². The van der Waals surface area contributed by atoms with Crippen LogP contribution >= 0.6 is 28.3 Å². The summed E-state index contributed by atoms with van der Waals surface area (Å²) in [5.74, 6) is -4.65. The van der Waals surface area contributed by atoms with Crippen molar-refractivity contribution >= 4 is 40.6 Å². The number of nitrogens with zero attached hydrogens (tertiary/aromatic N) is 1. The molecule has 1 heterocycles. The van der Waals surface area contributed by atoms with E-state index in [-0.39, 0.29) is 30.8 Å². The van der Waals surface area contributed by atoms with Crippen LogP contribution in [0.25, 0.3) is 0 Å². The summed E-state index contributed by atoms with van der Waals surface area (Å²) in [7, 11) is 0. The van der Waals surface area contributed by atoms with Crippen LogP contribution in [0.3, 0.4) is 0 Å². The maximum Gasteiger partial charge on any atom is 0.343 e. The number of alkyl halides is 2. The fraction of sp³-hybridized carbons (Fsp3) is 0.579. The first-order valence-corrected chi connectivity index (χ1v) is 9.86. The first-order valence-electron chi connectivity index (χ1n) is 9.06. The Bertz CT molecular complexity index is 699. The molecule has 1 saturated carbocycles. The highest BCUT2D eigenvalue weighted by atomic mass is 79.9. The maximum absolute atomic E-state index is 13.8. The van der Waals surface area contributed by atoms with Crippen molar-refractivity contribution in [1.82, 2.24) is 4.90 Å². The van der Waals surface area contributed by atoms with E-state index in [2.05, 4.69) is 15.9 Å². The summed E-state index contributed by atoms with van der Waals surface area (Å²) in [6, 6.07) is 6.48. The Labute approximate surface area is 177 Å². The van der Waals surface area contributed by atoms with Crippen LogP contribution in [0.5, 0.6) is 0 Å². The average molecular weight is 482 g/mol. The van der Waals surface area contributed by atoms with Crippen molar-refractivity contribution in [2.45, 2.75) is 49.7 Å². The monoisotopic (exact) mass is 480 g/mol. The molecule has 1 aliphatic carbocycles. The van der Waals surface area contributed by atoms with Gasteiger partial charge in [-0.1, -0.05) is 28.1 Å². The minimum Gasteiger partial charge on any atom is -0.460 e. The number of halogens is 4. The highest BCUT2D eigenvalue weighted by molar-refractivity contribution is 9.10. The van der Waals surface area contributed by atoms with Gasteiger partial charge in [0.2, 0.25) is 5.92 Å². The molecule has 0 radical (unpaired) electrons. The minimum absolute atomic E-state index is 0. The first-order chi connectivity index (χ1) is 12.7. The number of hydrogen-bond acceptors (Lipinski definition) is 4. The summed E-state index contributed by atoms with van der Waals surface area (Å²) in [5, 5.41) is 18.6. The Kier molecular flexibility index (Phi) is 7.44. The number of hydrogen-bond donors (Lipinski definition) is 2. The summed E-state index contributed by atoms with van der Waals surface area (Å²) in [5.41, 5.74) is -1.82. The lowest BCUT2D eigenvalue weighted by molar-refractivity contribution is -0.182. The van der Waals surface area contributed by atoms with Crippen LogP contribution in [-0.4, -0.2) is 47.4 Å². The Morgan fingerprint density at radius 1 is 1.29 bits per heavy atom. The number of carbonyl (C=O) groups excluding carboxylic acids is 1. The highest BCUT2D eigenvalue weighted by Gasteiger charge is 2.54. The summed E-state index contributed by atoms with van der Waals surface area (Å²) in [6.07, 6.45) is 1.11. The second kappa shape index (κ2) is 9.05.